The zero-order valence-corrected chi connectivity index (χ0v) is 12.6. The Labute approximate surface area is 122 Å². The van der Waals surface area contributed by atoms with Crippen LogP contribution in [0, 0.1) is 0 Å². The van der Waals surface area contributed by atoms with Gasteiger partial charge in [0.25, 0.3) is 0 Å². The molecule has 106 valence electrons. The number of hydrogen-bond donors (Lipinski definition) is 2. The molecule has 1 aromatic heterocycles. The lowest BCUT2D eigenvalue weighted by atomic mass is 10.1. The molecule has 2 atom stereocenters. The minimum Gasteiger partial charge on any atom is -0.391 e. The van der Waals surface area contributed by atoms with E-state index in [2.05, 4.69) is 16.8 Å². The Bertz CT molecular complexity index is 381. The van der Waals surface area contributed by atoms with Crippen molar-refractivity contribution in [2.75, 3.05) is 5.75 Å². The summed E-state index contributed by atoms with van der Waals surface area (Å²) in [4.78, 5) is 13.2. The number of aliphatic hydroxyl groups is 1. The minimum absolute atomic E-state index is 0.0441. The van der Waals surface area contributed by atoms with Gasteiger partial charge in [0.1, 0.15) is 0 Å². The third-order valence-corrected chi connectivity index (χ3v) is 5.42. The molecular formula is C14H21NO2S2. The first kappa shape index (κ1) is 14.9. The number of thioether (sulfide) groups is 1. The van der Waals surface area contributed by atoms with Gasteiger partial charge in [-0.25, -0.2) is 0 Å². The van der Waals surface area contributed by atoms with Crippen molar-refractivity contribution in [1.29, 1.82) is 0 Å². The normalized spacial score (nSPS) is 23.8. The maximum atomic E-state index is 11.9. The quantitative estimate of drug-likeness (QED) is 0.822. The lowest BCUT2D eigenvalue weighted by Crippen LogP contribution is -2.43. The van der Waals surface area contributed by atoms with Crippen molar-refractivity contribution in [2.24, 2.45) is 0 Å². The number of carbonyl (C=O) groups is 1. The highest BCUT2D eigenvalue weighted by atomic mass is 32.2. The predicted octanol–water partition coefficient (Wildman–Crippen LogP) is 2.79. The fourth-order valence-electron chi connectivity index (χ4n) is 2.34. The molecule has 19 heavy (non-hydrogen) atoms. The first-order valence-corrected chi connectivity index (χ1v) is 8.86. The van der Waals surface area contributed by atoms with E-state index in [1.807, 2.05) is 6.07 Å². The highest BCUT2D eigenvalue weighted by Crippen LogP contribution is 2.19. The van der Waals surface area contributed by atoms with Crippen LogP contribution in [0.1, 0.15) is 37.0 Å². The van der Waals surface area contributed by atoms with Crippen molar-refractivity contribution in [3.8, 4) is 0 Å². The molecular weight excluding hydrogens is 278 g/mol. The summed E-state index contributed by atoms with van der Waals surface area (Å²) in [7, 11) is 0. The molecule has 0 aliphatic heterocycles. The lowest BCUT2D eigenvalue weighted by Gasteiger charge is -2.21. The molecule has 1 saturated carbocycles. The van der Waals surface area contributed by atoms with Gasteiger partial charge in [-0.05, 0) is 24.3 Å². The van der Waals surface area contributed by atoms with E-state index in [9.17, 15) is 9.90 Å². The van der Waals surface area contributed by atoms with Crippen LogP contribution in [0.15, 0.2) is 17.5 Å². The van der Waals surface area contributed by atoms with Gasteiger partial charge in [-0.15, -0.1) is 23.1 Å². The molecule has 0 aromatic carbocycles. The van der Waals surface area contributed by atoms with E-state index in [0.29, 0.717) is 5.75 Å². The van der Waals surface area contributed by atoms with E-state index in [-0.39, 0.29) is 18.1 Å². The van der Waals surface area contributed by atoms with Gasteiger partial charge in [-0.2, -0.15) is 0 Å². The predicted molar refractivity (Wildman–Crippen MR) is 81.5 cm³/mol. The van der Waals surface area contributed by atoms with Crippen molar-refractivity contribution in [3.05, 3.63) is 22.4 Å². The number of amides is 1. The molecule has 2 rings (SSSR count). The molecule has 0 radical (unpaired) electrons. The van der Waals surface area contributed by atoms with Crippen LogP contribution in [0.2, 0.25) is 0 Å². The molecule has 1 fully saturated rings. The molecule has 1 heterocycles. The molecule has 5 heteroatoms. The molecule has 2 unspecified atom stereocenters. The van der Waals surface area contributed by atoms with Gasteiger partial charge in [-0.1, -0.05) is 25.3 Å². The van der Waals surface area contributed by atoms with Gasteiger partial charge in [0.2, 0.25) is 5.91 Å². The summed E-state index contributed by atoms with van der Waals surface area (Å²) in [6.07, 6.45) is 4.69. The first-order valence-electron chi connectivity index (χ1n) is 6.83. The summed E-state index contributed by atoms with van der Waals surface area (Å²) >= 11 is 3.35. The second-order valence-corrected chi connectivity index (χ2v) is 6.97. The molecule has 0 spiro atoms. The topological polar surface area (TPSA) is 49.3 Å². The Hall–Kier alpha value is -0.520. The molecule has 1 aliphatic rings. The van der Waals surface area contributed by atoms with Crippen molar-refractivity contribution in [2.45, 2.75) is 50.0 Å². The van der Waals surface area contributed by atoms with Crippen LogP contribution < -0.4 is 5.32 Å². The van der Waals surface area contributed by atoms with Crippen LogP contribution in [0.5, 0.6) is 0 Å². The number of nitrogens with one attached hydrogen (secondary N) is 1. The minimum atomic E-state index is -0.367. The van der Waals surface area contributed by atoms with Gasteiger partial charge in [0.15, 0.2) is 0 Å². The van der Waals surface area contributed by atoms with Crippen LogP contribution in [0.3, 0.4) is 0 Å². The number of aliphatic hydroxyl groups excluding tert-OH is 1. The van der Waals surface area contributed by atoms with Gasteiger partial charge in [0.05, 0.1) is 17.9 Å². The lowest BCUT2D eigenvalue weighted by molar-refractivity contribution is -0.120. The summed E-state index contributed by atoms with van der Waals surface area (Å²) < 4.78 is 0. The summed E-state index contributed by atoms with van der Waals surface area (Å²) in [5.41, 5.74) is 0. The van der Waals surface area contributed by atoms with Crippen LogP contribution in [0.25, 0.3) is 0 Å². The van der Waals surface area contributed by atoms with E-state index in [4.69, 9.17) is 0 Å². The van der Waals surface area contributed by atoms with Crippen LogP contribution in [-0.2, 0) is 10.5 Å². The largest absolute Gasteiger partial charge is 0.391 e. The number of carbonyl (C=O) groups excluding carboxylic acids is 1. The molecule has 1 aliphatic carbocycles. The van der Waals surface area contributed by atoms with Crippen LogP contribution in [0.4, 0.5) is 0 Å². The molecule has 2 N–H and O–H groups in total. The van der Waals surface area contributed by atoms with Crippen molar-refractivity contribution in [1.82, 2.24) is 5.32 Å². The van der Waals surface area contributed by atoms with E-state index >= 15 is 0 Å². The Morgan fingerprint density at radius 3 is 3.05 bits per heavy atom. The van der Waals surface area contributed by atoms with Crippen LogP contribution in [-0.4, -0.2) is 28.9 Å². The second-order valence-electron chi connectivity index (χ2n) is 4.95. The Morgan fingerprint density at radius 2 is 2.26 bits per heavy atom. The summed E-state index contributed by atoms with van der Waals surface area (Å²) in [6, 6.07) is 4.07. The highest BCUT2D eigenvalue weighted by Gasteiger charge is 2.22. The average Bonchev–Trinajstić information content (AvgIpc) is 2.82. The van der Waals surface area contributed by atoms with Crippen LogP contribution >= 0.6 is 23.1 Å². The number of hydrogen-bond acceptors (Lipinski definition) is 4. The van der Waals surface area contributed by atoms with E-state index in [1.54, 1.807) is 23.1 Å². The van der Waals surface area contributed by atoms with Gasteiger partial charge in [-0.3, -0.25) is 4.79 Å². The van der Waals surface area contributed by atoms with E-state index in [0.717, 1.165) is 37.9 Å². The summed E-state index contributed by atoms with van der Waals surface area (Å²) in [5.74, 6) is 1.41. The Balaban J connectivity index is 1.68. The zero-order valence-electron chi connectivity index (χ0n) is 11.0. The standard InChI is InChI=1S/C14H21NO2S2/c16-13-7-3-1-2-6-12(13)15-14(17)10-18-9-11-5-4-8-19-11/h4-5,8,12-13,16H,1-3,6-7,9-10H2,(H,15,17). The molecule has 1 aromatic rings. The van der Waals surface area contributed by atoms with Crippen molar-refractivity contribution < 1.29 is 9.90 Å². The summed E-state index contributed by atoms with van der Waals surface area (Å²) in [6.45, 7) is 0. The smallest absolute Gasteiger partial charge is 0.230 e. The third kappa shape index (κ3) is 5.16. The molecule has 0 bridgehead atoms. The molecule has 1 amide bonds. The van der Waals surface area contributed by atoms with Gasteiger partial charge < -0.3 is 10.4 Å². The summed E-state index contributed by atoms with van der Waals surface area (Å²) in [5, 5.41) is 15.0. The second kappa shape index (κ2) is 7.92. The zero-order chi connectivity index (χ0) is 13.5. The number of thiophene rings is 1. The molecule has 3 nitrogen and oxygen atoms in total. The van der Waals surface area contributed by atoms with Crippen molar-refractivity contribution >= 4 is 29.0 Å². The monoisotopic (exact) mass is 299 g/mol. The van der Waals surface area contributed by atoms with Crippen molar-refractivity contribution in [3.63, 3.8) is 0 Å². The maximum absolute atomic E-state index is 11.9. The maximum Gasteiger partial charge on any atom is 0.230 e. The molecule has 0 saturated heterocycles. The fourth-order valence-corrected chi connectivity index (χ4v) is 4.02. The van der Waals surface area contributed by atoms with Gasteiger partial charge >= 0.3 is 0 Å². The van der Waals surface area contributed by atoms with Gasteiger partial charge in [0, 0.05) is 10.6 Å². The average molecular weight is 299 g/mol. The van der Waals surface area contributed by atoms with E-state index in [1.165, 1.54) is 4.88 Å². The number of rotatable bonds is 5. The Morgan fingerprint density at radius 1 is 1.42 bits per heavy atom. The fraction of sp³-hybridized carbons (Fsp3) is 0.643. The first-order chi connectivity index (χ1) is 9.25. The SMILES string of the molecule is O=C(CSCc1cccs1)NC1CCCCCC1O. The van der Waals surface area contributed by atoms with E-state index < -0.39 is 0 Å². The third-order valence-electron chi connectivity index (χ3n) is 3.38. The Kier molecular flexibility index (Phi) is 6.20. The highest BCUT2D eigenvalue weighted by molar-refractivity contribution is 7.99.